The summed E-state index contributed by atoms with van der Waals surface area (Å²) in [4.78, 5) is 52.5. The molecule has 1 aromatic rings. The molecule has 12 heteroatoms. The van der Waals surface area contributed by atoms with Crippen molar-refractivity contribution in [3.63, 3.8) is 0 Å². The molecule has 2 atom stereocenters. The van der Waals surface area contributed by atoms with Gasteiger partial charge < -0.3 is 20.2 Å². The van der Waals surface area contributed by atoms with E-state index in [0.717, 1.165) is 28.9 Å². The van der Waals surface area contributed by atoms with Crippen molar-refractivity contribution < 1.29 is 37.5 Å². The van der Waals surface area contributed by atoms with Crippen molar-refractivity contribution in [3.8, 4) is 0 Å². The Morgan fingerprint density at radius 2 is 1.76 bits per heavy atom. The number of aliphatic hydroxyl groups is 1. The van der Waals surface area contributed by atoms with Crippen LogP contribution in [0.2, 0.25) is 0 Å². The number of nitrogens with zero attached hydrogens (tertiary/aromatic N) is 2. The van der Waals surface area contributed by atoms with Crippen LogP contribution in [0.1, 0.15) is 56.6 Å². The maximum Gasteiger partial charge on any atom is 0.426 e. The van der Waals surface area contributed by atoms with Crippen molar-refractivity contribution in [2.45, 2.75) is 81.6 Å². The van der Waals surface area contributed by atoms with Crippen LogP contribution in [-0.2, 0) is 27.2 Å². The normalized spacial score (nSPS) is 23.9. The lowest BCUT2D eigenvalue weighted by Gasteiger charge is -2.36. The van der Waals surface area contributed by atoms with Gasteiger partial charge in [0.2, 0.25) is 11.5 Å². The number of imide groups is 1. The van der Waals surface area contributed by atoms with Crippen molar-refractivity contribution in [1.82, 2.24) is 15.1 Å². The average Bonchev–Trinajstić information content (AvgIpc) is 3.13. The van der Waals surface area contributed by atoms with E-state index in [4.69, 9.17) is 0 Å². The number of carbonyl (C=O) groups is 4. The first kappa shape index (κ1) is 26.9. The van der Waals surface area contributed by atoms with E-state index in [2.05, 4.69) is 10.6 Å². The molecule has 2 fully saturated rings. The monoisotopic (exact) mass is 524 g/mol. The third kappa shape index (κ3) is 4.90. The number of hydrogen-bond acceptors (Lipinski definition) is 5. The van der Waals surface area contributed by atoms with Gasteiger partial charge in [0.15, 0.2) is 0 Å². The first-order chi connectivity index (χ1) is 17.3. The van der Waals surface area contributed by atoms with E-state index < -0.39 is 53.7 Å². The fraction of sp³-hybridized carbons (Fsp3) is 0.600. The van der Waals surface area contributed by atoms with Crippen molar-refractivity contribution in [1.29, 1.82) is 0 Å². The zero-order chi connectivity index (χ0) is 27.2. The predicted molar refractivity (Wildman–Crippen MR) is 126 cm³/mol. The van der Waals surface area contributed by atoms with E-state index in [1.54, 1.807) is 25.2 Å². The van der Waals surface area contributed by atoms with E-state index in [1.165, 1.54) is 4.90 Å². The number of fused-ring (bicyclic) bond motifs is 1. The molecule has 1 aromatic carbocycles. The highest BCUT2D eigenvalue weighted by Crippen LogP contribution is 2.38. The number of carbonyl (C=O) groups excluding carboxylic acids is 4. The summed E-state index contributed by atoms with van der Waals surface area (Å²) in [5, 5.41) is 15.0. The number of halogens is 3. The molecule has 1 saturated heterocycles. The van der Waals surface area contributed by atoms with E-state index in [1.807, 2.05) is 0 Å². The molecule has 5 amide bonds. The number of benzene rings is 1. The van der Waals surface area contributed by atoms with Crippen LogP contribution < -0.4 is 10.6 Å². The summed E-state index contributed by atoms with van der Waals surface area (Å²) in [6, 6.07) is 3.92. The molecule has 0 unspecified atom stereocenters. The summed E-state index contributed by atoms with van der Waals surface area (Å²) in [6.45, 7) is -0.232. The van der Waals surface area contributed by atoms with Gasteiger partial charge in [0, 0.05) is 31.6 Å². The number of likely N-dealkylation sites (N-methyl/N-ethyl adjacent to an activating group) is 1. The smallest absolute Gasteiger partial charge is 0.373 e. The first-order valence-corrected chi connectivity index (χ1v) is 12.4. The van der Waals surface area contributed by atoms with Crippen LogP contribution in [0, 0.1) is 0 Å². The Hall–Kier alpha value is -3.15. The van der Waals surface area contributed by atoms with Crippen LogP contribution in [0.4, 0.5) is 23.7 Å². The number of urea groups is 1. The number of amides is 5. The number of rotatable bonds is 5. The van der Waals surface area contributed by atoms with Crippen LogP contribution in [0.3, 0.4) is 0 Å². The fourth-order valence-electron chi connectivity index (χ4n) is 5.47. The topological polar surface area (TPSA) is 119 Å². The van der Waals surface area contributed by atoms with Crippen molar-refractivity contribution in [2.24, 2.45) is 0 Å². The largest absolute Gasteiger partial charge is 0.426 e. The molecule has 4 rings (SSSR count). The minimum absolute atomic E-state index is 0.251. The van der Waals surface area contributed by atoms with Gasteiger partial charge in [0.1, 0.15) is 12.1 Å². The van der Waals surface area contributed by atoms with Crippen LogP contribution in [-0.4, -0.2) is 75.6 Å². The number of anilines is 1. The maximum atomic E-state index is 13.5. The minimum atomic E-state index is -5.19. The molecule has 202 valence electrons. The van der Waals surface area contributed by atoms with E-state index >= 15 is 0 Å². The maximum absolute atomic E-state index is 13.5. The lowest BCUT2D eigenvalue weighted by molar-refractivity contribution is -0.251. The Bertz CT molecular complexity index is 1110. The van der Waals surface area contributed by atoms with Crippen molar-refractivity contribution >= 4 is 29.4 Å². The summed E-state index contributed by atoms with van der Waals surface area (Å²) >= 11 is 0. The van der Waals surface area contributed by atoms with Gasteiger partial charge in [-0.2, -0.15) is 13.2 Å². The highest BCUT2D eigenvalue weighted by atomic mass is 19.4. The van der Waals surface area contributed by atoms with Gasteiger partial charge in [-0.1, -0.05) is 31.7 Å². The summed E-state index contributed by atoms with van der Waals surface area (Å²) in [6.07, 6.45) is -0.540. The SMILES string of the molecule is CN1C(=O)NC(=O)[C@@]12Cc1ccc(NC(=O)CN(C(=O)[C@](C)(O)C(F)(F)F)C3CCCCCC3)cc1C2. The molecule has 1 heterocycles. The summed E-state index contributed by atoms with van der Waals surface area (Å²) in [5.41, 5.74) is -2.71. The summed E-state index contributed by atoms with van der Waals surface area (Å²) in [7, 11) is 1.55. The van der Waals surface area contributed by atoms with E-state index in [0.29, 0.717) is 44.7 Å². The first-order valence-electron chi connectivity index (χ1n) is 12.4. The molecule has 0 bridgehead atoms. The van der Waals surface area contributed by atoms with Crippen molar-refractivity contribution in [3.05, 3.63) is 29.3 Å². The van der Waals surface area contributed by atoms with Crippen LogP contribution >= 0.6 is 0 Å². The molecule has 0 radical (unpaired) electrons. The zero-order valence-corrected chi connectivity index (χ0v) is 20.8. The highest BCUT2D eigenvalue weighted by Gasteiger charge is 2.58. The second-order valence-electron chi connectivity index (χ2n) is 10.4. The van der Waals surface area contributed by atoms with Gasteiger partial charge in [0.05, 0.1) is 0 Å². The molecule has 1 spiro atoms. The molecule has 3 N–H and O–H groups in total. The third-order valence-corrected chi connectivity index (χ3v) is 7.85. The van der Waals surface area contributed by atoms with Crippen LogP contribution in [0.15, 0.2) is 18.2 Å². The summed E-state index contributed by atoms with van der Waals surface area (Å²) in [5.74, 6) is -2.64. The van der Waals surface area contributed by atoms with Gasteiger partial charge >= 0.3 is 12.2 Å². The van der Waals surface area contributed by atoms with Gasteiger partial charge in [-0.25, -0.2) is 4.79 Å². The Morgan fingerprint density at radius 3 is 2.32 bits per heavy atom. The molecular formula is C25H31F3N4O5. The lowest BCUT2D eigenvalue weighted by atomic mass is 9.95. The van der Waals surface area contributed by atoms with Gasteiger partial charge in [-0.05, 0) is 43.0 Å². The minimum Gasteiger partial charge on any atom is -0.373 e. The molecule has 37 heavy (non-hydrogen) atoms. The second-order valence-corrected chi connectivity index (χ2v) is 10.4. The zero-order valence-electron chi connectivity index (χ0n) is 20.8. The van der Waals surface area contributed by atoms with Gasteiger partial charge in [-0.15, -0.1) is 0 Å². The lowest BCUT2D eigenvalue weighted by Crippen LogP contribution is -2.59. The van der Waals surface area contributed by atoms with Crippen molar-refractivity contribution in [2.75, 3.05) is 18.9 Å². The average molecular weight is 525 g/mol. The quantitative estimate of drug-likeness (QED) is 0.404. The number of hydrogen-bond donors (Lipinski definition) is 3. The molecule has 1 saturated carbocycles. The predicted octanol–water partition coefficient (Wildman–Crippen LogP) is 2.51. The Labute approximate surface area is 212 Å². The molecular weight excluding hydrogens is 493 g/mol. The Morgan fingerprint density at radius 1 is 1.14 bits per heavy atom. The van der Waals surface area contributed by atoms with Crippen LogP contribution in [0.5, 0.6) is 0 Å². The van der Waals surface area contributed by atoms with Gasteiger partial charge in [-0.3, -0.25) is 19.7 Å². The van der Waals surface area contributed by atoms with E-state index in [-0.39, 0.29) is 6.42 Å². The second kappa shape index (κ2) is 9.62. The van der Waals surface area contributed by atoms with Gasteiger partial charge in [0.25, 0.3) is 11.8 Å². The molecule has 1 aliphatic heterocycles. The van der Waals surface area contributed by atoms with Crippen LogP contribution in [0.25, 0.3) is 0 Å². The highest BCUT2D eigenvalue weighted by molar-refractivity contribution is 6.07. The molecule has 9 nitrogen and oxygen atoms in total. The number of nitrogens with one attached hydrogen (secondary N) is 2. The van der Waals surface area contributed by atoms with E-state index in [9.17, 15) is 37.5 Å². The standard InChI is InChI=1S/C25H31F3N4O5/c1-23(37,25(26,27)28)21(35)32(18-7-5-3-4-6-8-18)14-19(33)29-17-10-9-15-12-24(13-16(15)11-17)20(34)30-22(36)31(24)2/h9-11,18,37H,3-8,12-14H2,1-2H3,(H,29,33)(H,30,34,36)/t23-,24-/m0/s1. The number of alkyl halides is 3. The molecule has 3 aliphatic rings. The Kier molecular flexibility index (Phi) is 7.00. The molecule has 2 aliphatic carbocycles. The third-order valence-electron chi connectivity index (χ3n) is 7.85. The Balaban J connectivity index is 1.51. The fourth-order valence-corrected chi connectivity index (χ4v) is 5.47. The molecule has 0 aromatic heterocycles. The summed E-state index contributed by atoms with van der Waals surface area (Å²) < 4.78 is 40.4.